The molecule has 18 heteroatoms. The molecule has 0 aromatic heterocycles. The molecule has 0 spiro atoms. The van der Waals surface area contributed by atoms with E-state index in [1.165, 1.54) is 14.0 Å². The van der Waals surface area contributed by atoms with Crippen LogP contribution in [0.4, 0.5) is 13.2 Å². The largest absolute Gasteiger partial charge is 0.510 e. The molecular weight excluding hydrogens is 703 g/mol. The molecule has 15 atom stereocenters. The minimum absolute atomic E-state index is 0.0737. The van der Waals surface area contributed by atoms with Gasteiger partial charge in [0.2, 0.25) is 0 Å². The maximum Gasteiger partial charge on any atom is 0.471 e. The van der Waals surface area contributed by atoms with Gasteiger partial charge >= 0.3 is 18.1 Å². The van der Waals surface area contributed by atoms with E-state index in [-0.39, 0.29) is 25.2 Å². The van der Waals surface area contributed by atoms with E-state index < -0.39 is 122 Å². The highest BCUT2D eigenvalue weighted by Gasteiger charge is 2.54. The zero-order chi connectivity index (χ0) is 38.5. The van der Waals surface area contributed by atoms with Gasteiger partial charge in [-0.2, -0.15) is 13.2 Å². The second kappa shape index (κ2) is 18.5. The number of hydrogen-bond donors (Lipinski definition) is 7. The average Bonchev–Trinajstić information content (AvgIpc) is 3.11. The van der Waals surface area contributed by atoms with E-state index in [4.69, 9.17) is 28.4 Å². The number of halogens is 3. The predicted molar refractivity (Wildman–Crippen MR) is 172 cm³/mol. The van der Waals surface area contributed by atoms with Crippen LogP contribution in [0.1, 0.15) is 71.6 Å². The zero-order valence-electron chi connectivity index (χ0n) is 29.6. The second-order valence-corrected chi connectivity index (χ2v) is 14.3. The lowest BCUT2D eigenvalue weighted by Crippen LogP contribution is -2.68. The summed E-state index contributed by atoms with van der Waals surface area (Å²) in [5, 5.41) is 65.2. The highest BCUT2D eigenvalue weighted by atomic mass is 19.4. The Balaban J connectivity index is 1.71. The van der Waals surface area contributed by atoms with Gasteiger partial charge in [-0.1, -0.05) is 52.0 Å². The first-order valence-electron chi connectivity index (χ1n) is 17.9. The molecule has 2 saturated heterocycles. The van der Waals surface area contributed by atoms with Crippen molar-refractivity contribution in [2.45, 2.75) is 157 Å². The highest BCUT2D eigenvalue weighted by molar-refractivity contribution is 5.82. The molecule has 4 rings (SSSR count). The standard InChI is InChI=1S/C34H54F3NO14/c1-5-18-12-19(30(45)47-4)13-21(28(18)52-32-27(44)26(43)24(41)16(3)48-32)50-31-23(38-33(46)34(35,36)37)29(25(42)22(14-39)51-31)49-20(15(2)40)11-17-9-7-6-8-10-17/h16-29,31-32,39-44H,2,5-14H2,1,3-4H3,(H,38,46)/t16?,18?,19?,20-,21?,22?,23?,24?,25?,26?,27?,28?,29?,31?,32?/m0/s1. The van der Waals surface area contributed by atoms with Crippen LogP contribution in [-0.2, 0) is 38.0 Å². The van der Waals surface area contributed by atoms with Crippen LogP contribution < -0.4 is 5.32 Å². The summed E-state index contributed by atoms with van der Waals surface area (Å²) in [6.45, 7) is 5.93. The van der Waals surface area contributed by atoms with Crippen molar-refractivity contribution in [2.75, 3.05) is 13.7 Å². The number of carbonyl (C=O) groups excluding carboxylic acids is 2. The molecule has 52 heavy (non-hydrogen) atoms. The van der Waals surface area contributed by atoms with E-state index in [2.05, 4.69) is 6.58 Å². The summed E-state index contributed by atoms with van der Waals surface area (Å²) >= 11 is 0. The van der Waals surface area contributed by atoms with Crippen LogP contribution in [0.3, 0.4) is 0 Å². The van der Waals surface area contributed by atoms with Gasteiger partial charge < -0.3 is 64.4 Å². The lowest BCUT2D eigenvalue weighted by molar-refractivity contribution is -0.339. The number of aliphatic hydroxyl groups is 6. The minimum atomic E-state index is -5.40. The first kappa shape index (κ1) is 42.6. The fourth-order valence-corrected chi connectivity index (χ4v) is 7.77. The van der Waals surface area contributed by atoms with Crippen LogP contribution in [0.2, 0.25) is 0 Å². The molecule has 2 heterocycles. The number of rotatable bonds is 13. The van der Waals surface area contributed by atoms with Crippen LogP contribution in [0.15, 0.2) is 12.3 Å². The molecule has 4 aliphatic rings. The molecule has 14 unspecified atom stereocenters. The quantitative estimate of drug-likeness (QED) is 0.103. The summed E-state index contributed by atoms with van der Waals surface area (Å²) in [7, 11) is 1.18. The normalized spacial score (nSPS) is 39.8. The van der Waals surface area contributed by atoms with Crippen LogP contribution in [0, 0.1) is 17.8 Å². The zero-order valence-corrected chi connectivity index (χ0v) is 29.6. The average molecular weight is 758 g/mol. The number of carbonyl (C=O) groups is 2. The Kier molecular flexibility index (Phi) is 15.1. The van der Waals surface area contributed by atoms with Crippen molar-refractivity contribution in [1.29, 1.82) is 0 Å². The molecule has 7 N–H and O–H groups in total. The van der Waals surface area contributed by atoms with E-state index in [0.717, 1.165) is 32.1 Å². The number of methoxy groups -OCH3 is 1. The molecule has 2 saturated carbocycles. The maximum atomic E-state index is 13.7. The fourth-order valence-electron chi connectivity index (χ4n) is 7.77. The highest BCUT2D eigenvalue weighted by Crippen LogP contribution is 2.40. The van der Waals surface area contributed by atoms with E-state index in [9.17, 15) is 53.4 Å². The molecule has 2 aliphatic carbocycles. The van der Waals surface area contributed by atoms with Crippen molar-refractivity contribution in [3.8, 4) is 0 Å². The second-order valence-electron chi connectivity index (χ2n) is 14.3. The summed E-state index contributed by atoms with van der Waals surface area (Å²) in [6.07, 6.45) is -18.1. The Bertz CT molecular complexity index is 1190. The van der Waals surface area contributed by atoms with Gasteiger partial charge in [0.1, 0.15) is 54.5 Å². The Morgan fingerprint density at radius 1 is 0.942 bits per heavy atom. The summed E-state index contributed by atoms with van der Waals surface area (Å²) in [5.74, 6) is -4.75. The fraction of sp³-hybridized carbons (Fsp3) is 0.882. The number of esters is 1. The van der Waals surface area contributed by atoms with Gasteiger partial charge in [0.05, 0.1) is 37.9 Å². The third-order valence-electron chi connectivity index (χ3n) is 10.8. The van der Waals surface area contributed by atoms with Crippen molar-refractivity contribution in [3.63, 3.8) is 0 Å². The van der Waals surface area contributed by atoms with Crippen molar-refractivity contribution in [3.05, 3.63) is 12.3 Å². The molecule has 0 aromatic carbocycles. The van der Waals surface area contributed by atoms with Gasteiger partial charge in [0.25, 0.3) is 0 Å². The van der Waals surface area contributed by atoms with Gasteiger partial charge in [-0.25, -0.2) is 0 Å². The topological polar surface area (TPSA) is 223 Å². The van der Waals surface area contributed by atoms with Gasteiger partial charge in [0.15, 0.2) is 12.6 Å². The lowest BCUT2D eigenvalue weighted by atomic mass is 9.76. The number of nitrogens with one attached hydrogen (secondary N) is 1. The SMILES string of the molecule is C=C(O)[C@H](CC1CCCCC1)OC1C(O)C(CO)OC(OC2CC(C(=O)OC)CC(CC)C2OC2OC(C)C(O)C(O)C2O)C1NC(=O)C(F)(F)F. The van der Waals surface area contributed by atoms with Gasteiger partial charge in [-0.05, 0) is 38.0 Å². The molecular formula is C34H54F3NO14. The Morgan fingerprint density at radius 3 is 2.19 bits per heavy atom. The Morgan fingerprint density at radius 2 is 1.62 bits per heavy atom. The summed E-state index contributed by atoms with van der Waals surface area (Å²) in [6, 6.07) is -1.91. The summed E-state index contributed by atoms with van der Waals surface area (Å²) in [4.78, 5) is 25.3. The maximum absolute atomic E-state index is 13.7. The number of hydrogen-bond acceptors (Lipinski definition) is 14. The number of alkyl halides is 3. The van der Waals surface area contributed by atoms with Crippen LogP contribution in [0.5, 0.6) is 0 Å². The molecule has 0 aromatic rings. The number of ether oxygens (including phenoxy) is 6. The monoisotopic (exact) mass is 757 g/mol. The first-order chi connectivity index (χ1) is 24.5. The summed E-state index contributed by atoms with van der Waals surface area (Å²) < 4.78 is 76.3. The van der Waals surface area contributed by atoms with E-state index in [1.54, 1.807) is 6.92 Å². The van der Waals surface area contributed by atoms with E-state index in [0.29, 0.717) is 6.42 Å². The molecule has 1 amide bonds. The van der Waals surface area contributed by atoms with Crippen molar-refractivity contribution < 1.29 is 81.8 Å². The molecule has 300 valence electrons. The Labute approximate surface area is 300 Å². The molecule has 0 bridgehead atoms. The summed E-state index contributed by atoms with van der Waals surface area (Å²) in [5.41, 5.74) is 0. The van der Waals surface area contributed by atoms with E-state index in [1.807, 2.05) is 5.32 Å². The van der Waals surface area contributed by atoms with Crippen LogP contribution in [-0.4, -0.2) is 142 Å². The van der Waals surface area contributed by atoms with Crippen molar-refractivity contribution in [1.82, 2.24) is 5.32 Å². The third-order valence-corrected chi connectivity index (χ3v) is 10.8. The number of aliphatic hydroxyl groups excluding tert-OH is 6. The third kappa shape index (κ3) is 10.1. The Hall–Kier alpha value is -2.13. The molecule has 4 fully saturated rings. The van der Waals surface area contributed by atoms with Crippen LogP contribution in [0.25, 0.3) is 0 Å². The smallest absolute Gasteiger partial charge is 0.471 e. The van der Waals surface area contributed by atoms with Gasteiger partial charge in [-0.15, -0.1) is 0 Å². The van der Waals surface area contributed by atoms with Gasteiger partial charge in [0, 0.05) is 0 Å². The minimum Gasteiger partial charge on any atom is -0.510 e. The van der Waals surface area contributed by atoms with Crippen molar-refractivity contribution >= 4 is 11.9 Å². The van der Waals surface area contributed by atoms with E-state index >= 15 is 0 Å². The lowest BCUT2D eigenvalue weighted by Gasteiger charge is -2.49. The predicted octanol–water partition coefficient (Wildman–Crippen LogP) is 1.11. The van der Waals surface area contributed by atoms with Crippen molar-refractivity contribution in [2.24, 2.45) is 17.8 Å². The molecule has 15 nitrogen and oxygen atoms in total. The number of amides is 1. The first-order valence-corrected chi connectivity index (χ1v) is 17.9. The van der Waals surface area contributed by atoms with Gasteiger partial charge in [-0.3, -0.25) is 9.59 Å². The van der Waals surface area contributed by atoms with Crippen LogP contribution >= 0.6 is 0 Å². The molecule has 2 aliphatic heterocycles. The molecule has 0 radical (unpaired) electrons.